The molecule has 3 aromatic rings. The van der Waals surface area contributed by atoms with E-state index in [1.165, 1.54) is 63.5 Å². The fourth-order valence-electron chi connectivity index (χ4n) is 6.12. The normalized spacial score (nSPS) is 13.6. The van der Waals surface area contributed by atoms with Crippen molar-refractivity contribution in [1.82, 2.24) is 0 Å². The van der Waals surface area contributed by atoms with E-state index in [2.05, 4.69) is 35.5 Å². The Morgan fingerprint density at radius 2 is 1.26 bits per heavy atom. The highest BCUT2D eigenvalue weighted by molar-refractivity contribution is 6.14. The molecule has 0 spiro atoms. The van der Waals surface area contributed by atoms with Gasteiger partial charge in [0.25, 0.3) is 0 Å². The molecule has 3 rings (SSSR count). The van der Waals surface area contributed by atoms with Crippen LogP contribution < -0.4 is 9.47 Å². The molecule has 0 amide bonds. The number of aliphatic hydroxyl groups excluding tert-OH is 1. The molecule has 0 aromatic heterocycles. The molecule has 4 N–H and O–H groups in total. The third kappa shape index (κ3) is 14.6. The molecule has 0 aliphatic carbocycles. The zero-order valence-electron chi connectivity index (χ0n) is 32.7. The average Bonchev–Trinajstić information content (AvgIpc) is 3.15. The van der Waals surface area contributed by atoms with Crippen LogP contribution in [0.3, 0.4) is 0 Å². The second-order valence-electron chi connectivity index (χ2n) is 14.0. The first-order valence-electron chi connectivity index (χ1n) is 19.6. The summed E-state index contributed by atoms with van der Waals surface area (Å²) < 4.78 is 11.6. The monoisotopic (exact) mass is 743 g/mol. The minimum atomic E-state index is -0.721. The molecule has 3 unspecified atom stereocenters. The van der Waals surface area contributed by atoms with Crippen molar-refractivity contribution in [3.05, 3.63) is 76.9 Å². The highest BCUT2D eigenvalue weighted by atomic mass is 16.5. The number of ether oxygens (including phenoxy) is 2. The third-order valence-corrected chi connectivity index (χ3v) is 9.32. The first kappa shape index (κ1) is 43.7. The van der Waals surface area contributed by atoms with Crippen molar-refractivity contribution < 1.29 is 34.7 Å². The molecular weight excluding hydrogens is 682 g/mol. The van der Waals surface area contributed by atoms with E-state index in [4.69, 9.17) is 9.47 Å². The maximum atomic E-state index is 11.1. The summed E-state index contributed by atoms with van der Waals surface area (Å²) >= 11 is 0. The van der Waals surface area contributed by atoms with Crippen LogP contribution in [-0.4, -0.2) is 57.3 Å². The molecule has 0 saturated carbocycles. The smallest absolute Gasteiger partial charge is 0.164 e. The number of phenolic OH excluding ortho intramolecular Hbond substituents is 3. The van der Waals surface area contributed by atoms with E-state index in [0.717, 1.165) is 32.1 Å². The van der Waals surface area contributed by atoms with Crippen LogP contribution in [0.4, 0.5) is 0 Å². The summed E-state index contributed by atoms with van der Waals surface area (Å²) in [6, 6.07) is 14.4. The predicted octanol–water partition coefficient (Wildman–Crippen LogP) is 10.2. The SMILES string of the molecule is C=N/C(=N\C(=N/Cc1ccc(C(O)CCCCCCCC)cc1O)c1ccc(OC(C)C=O)cc1O)c1ccc(OC(C)CCCCCCCC)cc1O. The van der Waals surface area contributed by atoms with Crippen molar-refractivity contribution in [2.24, 2.45) is 15.0 Å². The van der Waals surface area contributed by atoms with E-state index in [0.29, 0.717) is 29.6 Å². The van der Waals surface area contributed by atoms with E-state index in [-0.39, 0.29) is 58.4 Å². The second-order valence-corrected chi connectivity index (χ2v) is 14.0. The number of rotatable bonds is 24. The molecule has 0 bridgehead atoms. The molecule has 10 nitrogen and oxygen atoms in total. The quantitative estimate of drug-likeness (QED) is 0.0308. The molecule has 3 aromatic carbocycles. The van der Waals surface area contributed by atoms with Gasteiger partial charge in [0.15, 0.2) is 24.1 Å². The van der Waals surface area contributed by atoms with E-state index >= 15 is 0 Å². The summed E-state index contributed by atoms with van der Waals surface area (Å²) in [6.07, 6.45) is 14.7. The Balaban J connectivity index is 1.86. The van der Waals surface area contributed by atoms with E-state index < -0.39 is 12.2 Å². The van der Waals surface area contributed by atoms with E-state index in [1.807, 2.05) is 6.92 Å². The molecule has 0 radical (unpaired) electrons. The minimum Gasteiger partial charge on any atom is -0.508 e. The van der Waals surface area contributed by atoms with E-state index in [9.17, 15) is 25.2 Å². The Hall–Kier alpha value is -4.70. The number of hydrogen-bond donors (Lipinski definition) is 4. The number of carbonyl (C=O) groups excluding carboxylic acids is 1. The lowest BCUT2D eigenvalue weighted by molar-refractivity contribution is -0.113. The van der Waals surface area contributed by atoms with Gasteiger partial charge in [0.05, 0.1) is 29.9 Å². The zero-order valence-corrected chi connectivity index (χ0v) is 32.7. The van der Waals surface area contributed by atoms with Crippen LogP contribution in [0.1, 0.15) is 146 Å². The zero-order chi connectivity index (χ0) is 39.3. The Bertz CT molecular complexity index is 1670. The molecule has 0 fully saturated rings. The Labute approximate surface area is 321 Å². The summed E-state index contributed by atoms with van der Waals surface area (Å²) in [4.78, 5) is 24.5. The first-order valence-corrected chi connectivity index (χ1v) is 19.6. The van der Waals surface area contributed by atoms with Crippen molar-refractivity contribution in [2.45, 2.75) is 142 Å². The largest absolute Gasteiger partial charge is 0.508 e. The number of aliphatic imine (C=N–C) groups is 3. The predicted molar refractivity (Wildman–Crippen MR) is 218 cm³/mol. The number of aromatic hydroxyl groups is 3. The number of carbonyl (C=O) groups is 1. The van der Waals surface area contributed by atoms with Gasteiger partial charge in [-0.1, -0.05) is 96.6 Å². The number of aldehydes is 1. The van der Waals surface area contributed by atoms with Gasteiger partial charge in [0.2, 0.25) is 0 Å². The van der Waals surface area contributed by atoms with Crippen LogP contribution >= 0.6 is 0 Å². The topological polar surface area (TPSA) is 154 Å². The second kappa shape index (κ2) is 23.9. The lowest BCUT2D eigenvalue weighted by Gasteiger charge is -2.16. The first-order chi connectivity index (χ1) is 26.1. The Morgan fingerprint density at radius 3 is 1.81 bits per heavy atom. The van der Waals surface area contributed by atoms with Gasteiger partial charge in [-0.05, 0) is 75.7 Å². The summed E-state index contributed by atoms with van der Waals surface area (Å²) in [5.74, 6) is 0.509. The average molecular weight is 744 g/mol. The number of amidine groups is 2. The molecule has 0 aliphatic heterocycles. The number of hydrogen-bond acceptors (Lipinski definition) is 8. The van der Waals surface area contributed by atoms with Crippen LogP contribution in [0.2, 0.25) is 0 Å². The summed E-state index contributed by atoms with van der Waals surface area (Å²) in [5, 5.41) is 43.8. The summed E-state index contributed by atoms with van der Waals surface area (Å²) in [5.41, 5.74) is 1.60. The third-order valence-electron chi connectivity index (χ3n) is 9.32. The lowest BCUT2D eigenvalue weighted by Crippen LogP contribution is -2.13. The van der Waals surface area contributed by atoms with Crippen LogP contribution in [0.5, 0.6) is 28.7 Å². The van der Waals surface area contributed by atoms with E-state index in [1.54, 1.807) is 49.4 Å². The van der Waals surface area contributed by atoms with Crippen LogP contribution in [0.15, 0.2) is 69.6 Å². The number of nitrogens with zero attached hydrogens (tertiary/aromatic N) is 3. The van der Waals surface area contributed by atoms with Crippen LogP contribution in [0, 0.1) is 0 Å². The lowest BCUT2D eigenvalue weighted by atomic mass is 10.0. The molecule has 294 valence electrons. The molecule has 0 aliphatic rings. The fourth-order valence-corrected chi connectivity index (χ4v) is 6.12. The summed E-state index contributed by atoms with van der Waals surface area (Å²) in [6.45, 7) is 11.6. The fraction of sp³-hybridized carbons (Fsp3) is 0.500. The number of benzene rings is 3. The molecule has 0 saturated heterocycles. The van der Waals surface area contributed by atoms with Gasteiger partial charge >= 0.3 is 0 Å². The Kier molecular flexibility index (Phi) is 19.3. The minimum absolute atomic E-state index is 0.0238. The molecule has 10 heteroatoms. The standard InChI is InChI=1S/C44H61N3O7/c1-6-8-10-12-14-16-18-31(3)53-35-22-24-37(41(51)27-35)43(45-5)47-44(38-25-23-36(28-42(38)52)54-32(4)30-48)46-29-34-21-20-33(26-40(34)50)39(49)19-17-15-13-11-9-7-2/h20-28,30-32,39,49-52H,5-19,29H2,1-4H3/b46-44-,47-43-. The molecule has 0 heterocycles. The van der Waals surface area contributed by atoms with Gasteiger partial charge in [-0.15, -0.1) is 0 Å². The van der Waals surface area contributed by atoms with Gasteiger partial charge in [-0.3, -0.25) is 9.79 Å². The van der Waals surface area contributed by atoms with Gasteiger partial charge in [-0.2, -0.15) is 0 Å². The number of aliphatic hydroxyl groups is 1. The van der Waals surface area contributed by atoms with Crippen molar-refractivity contribution in [3.8, 4) is 28.7 Å². The van der Waals surface area contributed by atoms with Crippen LogP contribution in [0.25, 0.3) is 0 Å². The van der Waals surface area contributed by atoms with Crippen LogP contribution in [-0.2, 0) is 11.3 Å². The highest BCUT2D eigenvalue weighted by Crippen LogP contribution is 2.30. The van der Waals surface area contributed by atoms with Gasteiger partial charge in [0, 0.05) is 17.7 Å². The number of unbranched alkanes of at least 4 members (excludes halogenated alkanes) is 10. The van der Waals surface area contributed by atoms with Gasteiger partial charge in [0.1, 0.15) is 28.7 Å². The van der Waals surface area contributed by atoms with Crippen molar-refractivity contribution in [3.63, 3.8) is 0 Å². The summed E-state index contributed by atoms with van der Waals surface area (Å²) in [7, 11) is 0. The number of phenols is 3. The maximum Gasteiger partial charge on any atom is 0.164 e. The van der Waals surface area contributed by atoms with Gasteiger partial charge in [-0.25, -0.2) is 9.98 Å². The highest BCUT2D eigenvalue weighted by Gasteiger charge is 2.17. The van der Waals surface area contributed by atoms with Crippen molar-refractivity contribution in [1.29, 1.82) is 0 Å². The molecular formula is C44H61N3O7. The molecule has 54 heavy (non-hydrogen) atoms. The maximum absolute atomic E-state index is 11.1. The Morgan fingerprint density at radius 1 is 0.704 bits per heavy atom. The van der Waals surface area contributed by atoms with Crippen molar-refractivity contribution >= 4 is 24.7 Å². The molecule has 3 atom stereocenters. The van der Waals surface area contributed by atoms with Gasteiger partial charge < -0.3 is 29.9 Å². The van der Waals surface area contributed by atoms with Crippen molar-refractivity contribution in [2.75, 3.05) is 0 Å².